The number of benzene rings is 2. The molecule has 0 saturated carbocycles. The second kappa shape index (κ2) is 7.49. The second-order valence-corrected chi connectivity index (χ2v) is 6.42. The summed E-state index contributed by atoms with van der Waals surface area (Å²) < 4.78 is 20.9. The summed E-state index contributed by atoms with van der Waals surface area (Å²) in [5.41, 5.74) is 2.07. The minimum absolute atomic E-state index is 0.224. The molecule has 0 unspecified atom stereocenters. The Morgan fingerprint density at radius 2 is 1.96 bits per heavy atom. The topological polar surface area (TPSA) is 39.9 Å². The van der Waals surface area contributed by atoms with Crippen LogP contribution in [0.5, 0.6) is 5.75 Å². The second-order valence-electron chi connectivity index (χ2n) is 5.48. The first-order valence-electron chi connectivity index (χ1n) is 7.57. The summed E-state index contributed by atoms with van der Waals surface area (Å²) in [5, 5.41) is 9.14. The van der Waals surface area contributed by atoms with E-state index in [0.717, 1.165) is 27.9 Å². The van der Waals surface area contributed by atoms with Crippen molar-refractivity contribution in [2.75, 3.05) is 0 Å². The fraction of sp³-hybridized carbons (Fsp3) is 0.222. The number of thioether (sulfide) groups is 1. The molecule has 0 amide bonds. The van der Waals surface area contributed by atoms with E-state index in [1.165, 1.54) is 23.9 Å². The molecule has 0 saturated heterocycles. The molecule has 3 aromatic rings. The van der Waals surface area contributed by atoms with Gasteiger partial charge in [0, 0.05) is 12.8 Å². The molecule has 0 bridgehead atoms. The molecule has 0 spiro atoms. The molecule has 124 valence electrons. The molecular formula is C18H18FN3OS. The smallest absolute Gasteiger partial charge is 0.191 e. The minimum Gasteiger partial charge on any atom is -0.486 e. The summed E-state index contributed by atoms with van der Waals surface area (Å²) >= 11 is 1.52. The van der Waals surface area contributed by atoms with E-state index in [4.69, 9.17) is 4.74 Å². The van der Waals surface area contributed by atoms with Crippen molar-refractivity contribution in [3.8, 4) is 5.75 Å². The maximum absolute atomic E-state index is 13.2. The minimum atomic E-state index is -0.224. The van der Waals surface area contributed by atoms with Crippen LogP contribution >= 0.6 is 11.8 Å². The quantitative estimate of drug-likeness (QED) is 0.631. The molecule has 1 aromatic heterocycles. The van der Waals surface area contributed by atoms with Crippen LogP contribution in [0.15, 0.2) is 53.7 Å². The van der Waals surface area contributed by atoms with Crippen molar-refractivity contribution in [1.82, 2.24) is 14.8 Å². The van der Waals surface area contributed by atoms with Gasteiger partial charge in [0.1, 0.15) is 18.2 Å². The van der Waals surface area contributed by atoms with Crippen molar-refractivity contribution in [3.63, 3.8) is 0 Å². The van der Waals surface area contributed by atoms with E-state index in [0.29, 0.717) is 12.4 Å². The Morgan fingerprint density at radius 1 is 1.12 bits per heavy atom. The molecular weight excluding hydrogens is 325 g/mol. The molecule has 24 heavy (non-hydrogen) atoms. The molecule has 6 heteroatoms. The average Bonchev–Trinajstić information content (AvgIpc) is 2.91. The van der Waals surface area contributed by atoms with Gasteiger partial charge in [-0.15, -0.1) is 10.2 Å². The van der Waals surface area contributed by atoms with Crippen molar-refractivity contribution < 1.29 is 9.13 Å². The summed E-state index contributed by atoms with van der Waals surface area (Å²) in [5.74, 6) is 1.98. The molecule has 0 fully saturated rings. The van der Waals surface area contributed by atoms with E-state index < -0.39 is 0 Å². The fourth-order valence-electron chi connectivity index (χ4n) is 2.22. The molecule has 0 aliphatic heterocycles. The highest BCUT2D eigenvalue weighted by atomic mass is 32.2. The SMILES string of the molecule is Cc1cccc(OCc2nnc(SCc3cccc(F)c3)n2C)c1. The van der Waals surface area contributed by atoms with Crippen LogP contribution in [0.4, 0.5) is 4.39 Å². The van der Waals surface area contributed by atoms with Crippen LogP contribution in [0.1, 0.15) is 17.0 Å². The Hall–Kier alpha value is -2.34. The number of nitrogens with zero attached hydrogens (tertiary/aromatic N) is 3. The van der Waals surface area contributed by atoms with Gasteiger partial charge < -0.3 is 9.30 Å². The first kappa shape index (κ1) is 16.5. The first-order valence-corrected chi connectivity index (χ1v) is 8.55. The normalized spacial score (nSPS) is 10.8. The van der Waals surface area contributed by atoms with E-state index in [1.807, 2.05) is 48.9 Å². The van der Waals surface area contributed by atoms with E-state index in [-0.39, 0.29) is 5.82 Å². The molecule has 0 aliphatic rings. The molecule has 0 aliphatic carbocycles. The third-order valence-corrected chi connectivity index (χ3v) is 4.63. The van der Waals surface area contributed by atoms with Gasteiger partial charge >= 0.3 is 0 Å². The molecule has 3 rings (SSSR count). The van der Waals surface area contributed by atoms with E-state index in [2.05, 4.69) is 10.2 Å². The van der Waals surface area contributed by atoms with E-state index >= 15 is 0 Å². The molecule has 1 heterocycles. The zero-order valence-corrected chi connectivity index (χ0v) is 14.4. The summed E-state index contributed by atoms with van der Waals surface area (Å²) in [6.07, 6.45) is 0. The van der Waals surface area contributed by atoms with Gasteiger partial charge in [0.2, 0.25) is 0 Å². The van der Waals surface area contributed by atoms with Gasteiger partial charge in [-0.3, -0.25) is 0 Å². The molecule has 0 N–H and O–H groups in total. The van der Waals surface area contributed by atoms with Gasteiger partial charge in [0.05, 0.1) is 0 Å². The Balaban J connectivity index is 1.61. The fourth-order valence-corrected chi connectivity index (χ4v) is 3.10. The highest BCUT2D eigenvalue weighted by molar-refractivity contribution is 7.98. The number of aromatic nitrogens is 3. The van der Waals surface area contributed by atoms with Crippen LogP contribution < -0.4 is 4.74 Å². The van der Waals surface area contributed by atoms with Gasteiger partial charge in [-0.1, -0.05) is 36.0 Å². The van der Waals surface area contributed by atoms with Gasteiger partial charge in [-0.05, 0) is 42.3 Å². The predicted octanol–water partition coefficient (Wildman–Crippen LogP) is 4.13. The van der Waals surface area contributed by atoms with Crippen molar-refractivity contribution in [2.24, 2.45) is 7.05 Å². The van der Waals surface area contributed by atoms with Crippen LogP contribution in [0.3, 0.4) is 0 Å². The summed E-state index contributed by atoms with van der Waals surface area (Å²) in [7, 11) is 1.91. The third kappa shape index (κ3) is 4.14. The van der Waals surface area contributed by atoms with Gasteiger partial charge in [-0.2, -0.15) is 0 Å². The summed E-state index contributed by atoms with van der Waals surface area (Å²) in [6.45, 7) is 2.38. The van der Waals surface area contributed by atoms with Gasteiger partial charge in [0.15, 0.2) is 11.0 Å². The average molecular weight is 343 g/mol. The third-order valence-electron chi connectivity index (χ3n) is 3.54. The van der Waals surface area contributed by atoms with Gasteiger partial charge in [0.25, 0.3) is 0 Å². The molecule has 2 aromatic carbocycles. The van der Waals surface area contributed by atoms with Crippen molar-refractivity contribution in [3.05, 3.63) is 71.3 Å². The Kier molecular flexibility index (Phi) is 5.15. The maximum Gasteiger partial charge on any atom is 0.191 e. The molecule has 0 radical (unpaired) electrons. The largest absolute Gasteiger partial charge is 0.486 e. The number of hydrogen-bond donors (Lipinski definition) is 0. The zero-order valence-electron chi connectivity index (χ0n) is 13.6. The first-order chi connectivity index (χ1) is 11.6. The molecule has 4 nitrogen and oxygen atoms in total. The Morgan fingerprint density at radius 3 is 2.75 bits per heavy atom. The number of aryl methyl sites for hydroxylation is 1. The lowest BCUT2D eigenvalue weighted by molar-refractivity contribution is 0.290. The predicted molar refractivity (Wildman–Crippen MR) is 92.5 cm³/mol. The van der Waals surface area contributed by atoms with Gasteiger partial charge in [-0.25, -0.2) is 4.39 Å². The molecule has 0 atom stereocenters. The van der Waals surface area contributed by atoms with Crippen molar-refractivity contribution >= 4 is 11.8 Å². The maximum atomic E-state index is 13.2. The van der Waals surface area contributed by atoms with Crippen LogP contribution in [-0.2, 0) is 19.4 Å². The number of hydrogen-bond acceptors (Lipinski definition) is 4. The van der Waals surface area contributed by atoms with Crippen molar-refractivity contribution in [1.29, 1.82) is 0 Å². The lowest BCUT2D eigenvalue weighted by Crippen LogP contribution is -2.04. The van der Waals surface area contributed by atoms with Crippen LogP contribution in [0, 0.1) is 12.7 Å². The summed E-state index contributed by atoms with van der Waals surface area (Å²) in [6, 6.07) is 14.5. The monoisotopic (exact) mass is 343 g/mol. The number of rotatable bonds is 6. The highest BCUT2D eigenvalue weighted by Gasteiger charge is 2.10. The number of ether oxygens (including phenoxy) is 1. The highest BCUT2D eigenvalue weighted by Crippen LogP contribution is 2.22. The van der Waals surface area contributed by atoms with Crippen LogP contribution in [-0.4, -0.2) is 14.8 Å². The van der Waals surface area contributed by atoms with E-state index in [1.54, 1.807) is 6.07 Å². The van der Waals surface area contributed by atoms with E-state index in [9.17, 15) is 4.39 Å². The lowest BCUT2D eigenvalue weighted by atomic mass is 10.2. The lowest BCUT2D eigenvalue weighted by Gasteiger charge is -2.07. The Bertz CT molecular complexity index is 768. The van der Waals surface area contributed by atoms with Crippen LogP contribution in [0.25, 0.3) is 0 Å². The van der Waals surface area contributed by atoms with Crippen LogP contribution in [0.2, 0.25) is 0 Å². The Labute approximate surface area is 144 Å². The standard InChI is InChI=1S/C18H18FN3OS/c1-13-5-3-8-16(9-13)23-11-17-20-21-18(22(17)2)24-12-14-6-4-7-15(19)10-14/h3-10H,11-12H2,1-2H3. The van der Waals surface area contributed by atoms with Crippen molar-refractivity contribution in [2.45, 2.75) is 24.4 Å². The number of halogens is 1. The zero-order chi connectivity index (χ0) is 16.9. The summed E-state index contributed by atoms with van der Waals surface area (Å²) in [4.78, 5) is 0.